The number of anilines is 1. The lowest BCUT2D eigenvalue weighted by atomic mass is 10.1. The van der Waals surface area contributed by atoms with E-state index < -0.39 is 9.84 Å². The predicted molar refractivity (Wildman–Crippen MR) is 107 cm³/mol. The molecule has 8 heteroatoms. The van der Waals surface area contributed by atoms with Gasteiger partial charge in [-0.3, -0.25) is 0 Å². The molecule has 0 aliphatic heterocycles. The Morgan fingerprint density at radius 2 is 1.74 bits per heavy atom. The first kappa shape index (κ1) is 19.3. The van der Waals surface area contributed by atoms with Gasteiger partial charge < -0.3 is 10.5 Å². The molecule has 2 aromatic carbocycles. The maximum Gasteiger partial charge on any atom is 0.212 e. The molecule has 27 heavy (non-hydrogen) atoms. The summed E-state index contributed by atoms with van der Waals surface area (Å²) in [5.41, 5.74) is 8.37. The predicted octanol–water partition coefficient (Wildman–Crippen LogP) is 3.39. The molecule has 0 aliphatic carbocycles. The van der Waals surface area contributed by atoms with Crippen LogP contribution in [0.25, 0.3) is 0 Å². The van der Waals surface area contributed by atoms with E-state index in [4.69, 9.17) is 10.5 Å². The van der Waals surface area contributed by atoms with Gasteiger partial charge in [-0.15, -0.1) is 11.8 Å². The second-order valence-electron chi connectivity index (χ2n) is 6.05. The number of hydrogen-bond acceptors (Lipinski definition) is 6. The molecule has 142 valence electrons. The number of nitrogens with zero attached hydrogens (tertiary/aromatic N) is 2. The van der Waals surface area contributed by atoms with Crippen molar-refractivity contribution in [3.05, 3.63) is 59.7 Å². The largest absolute Gasteiger partial charge is 0.497 e. The average Bonchev–Trinajstić information content (AvgIpc) is 3.00. The Kier molecular flexibility index (Phi) is 5.48. The summed E-state index contributed by atoms with van der Waals surface area (Å²) >= 11 is 1.26. The number of methoxy groups -OCH3 is 1. The van der Waals surface area contributed by atoms with Crippen LogP contribution in [0.3, 0.4) is 0 Å². The molecule has 1 aromatic heterocycles. The van der Waals surface area contributed by atoms with Gasteiger partial charge in [0.15, 0.2) is 0 Å². The van der Waals surface area contributed by atoms with E-state index in [-0.39, 0.29) is 15.6 Å². The molecule has 0 atom stereocenters. The average molecular weight is 404 g/mol. The minimum Gasteiger partial charge on any atom is -0.497 e. The number of hydrogen-bond donors (Lipinski definition) is 1. The van der Waals surface area contributed by atoms with Crippen molar-refractivity contribution in [1.29, 1.82) is 0 Å². The molecule has 2 N–H and O–H groups in total. The van der Waals surface area contributed by atoms with Crippen LogP contribution >= 0.6 is 11.8 Å². The second-order valence-corrected chi connectivity index (χ2v) is 8.73. The number of aryl methyl sites for hydroxylation is 1. The van der Waals surface area contributed by atoms with Crippen LogP contribution in [-0.2, 0) is 16.4 Å². The van der Waals surface area contributed by atoms with Gasteiger partial charge in [-0.2, -0.15) is 5.10 Å². The first-order valence-electron chi connectivity index (χ1n) is 8.21. The van der Waals surface area contributed by atoms with Crippen LogP contribution in [0.5, 0.6) is 5.75 Å². The summed E-state index contributed by atoms with van der Waals surface area (Å²) in [6, 6.07) is 14.2. The zero-order valence-electron chi connectivity index (χ0n) is 15.3. The van der Waals surface area contributed by atoms with E-state index in [1.165, 1.54) is 35.7 Å². The van der Waals surface area contributed by atoms with E-state index >= 15 is 0 Å². The fraction of sp³-hybridized carbons (Fsp3) is 0.211. The first-order chi connectivity index (χ1) is 12.9. The van der Waals surface area contributed by atoms with E-state index in [2.05, 4.69) is 5.10 Å². The Morgan fingerprint density at radius 3 is 2.30 bits per heavy atom. The van der Waals surface area contributed by atoms with Gasteiger partial charge in [0.2, 0.25) is 9.84 Å². The Bertz CT molecular complexity index is 1040. The molecular formula is C19H21N3O3S2. The van der Waals surface area contributed by atoms with Crippen LogP contribution in [0.1, 0.15) is 11.1 Å². The number of sulfone groups is 1. The SMILES string of the molecule is COc1ccc(S(=O)(=O)c2c(SC)nn(Cc3ccc(C)cc3)c2N)cc1. The molecule has 6 nitrogen and oxygen atoms in total. The topological polar surface area (TPSA) is 87.2 Å². The van der Waals surface area contributed by atoms with Gasteiger partial charge in [-0.1, -0.05) is 29.8 Å². The summed E-state index contributed by atoms with van der Waals surface area (Å²) in [7, 11) is -2.27. The van der Waals surface area contributed by atoms with Crippen molar-refractivity contribution in [3.63, 3.8) is 0 Å². The van der Waals surface area contributed by atoms with E-state index in [1.807, 2.05) is 31.2 Å². The van der Waals surface area contributed by atoms with Crippen LogP contribution in [0.15, 0.2) is 63.3 Å². The fourth-order valence-corrected chi connectivity index (χ4v) is 5.11. The molecule has 1 heterocycles. The number of ether oxygens (including phenoxy) is 1. The van der Waals surface area contributed by atoms with Gasteiger partial charge in [0, 0.05) is 0 Å². The van der Waals surface area contributed by atoms with Crippen LogP contribution < -0.4 is 10.5 Å². The van der Waals surface area contributed by atoms with Crippen molar-refractivity contribution in [2.75, 3.05) is 19.1 Å². The van der Waals surface area contributed by atoms with E-state index in [0.29, 0.717) is 17.3 Å². The van der Waals surface area contributed by atoms with E-state index in [0.717, 1.165) is 11.1 Å². The molecule has 0 unspecified atom stereocenters. The normalized spacial score (nSPS) is 11.5. The van der Waals surface area contributed by atoms with Crippen molar-refractivity contribution in [2.45, 2.75) is 28.3 Å². The summed E-state index contributed by atoms with van der Waals surface area (Å²) in [5, 5.41) is 4.81. The molecule has 3 aromatic rings. The second kappa shape index (κ2) is 7.66. The molecule has 0 spiro atoms. The maximum absolute atomic E-state index is 13.2. The van der Waals surface area contributed by atoms with Gasteiger partial charge in [-0.05, 0) is 43.0 Å². The Hall–Kier alpha value is -2.45. The van der Waals surface area contributed by atoms with Crippen molar-refractivity contribution in [2.24, 2.45) is 0 Å². The van der Waals surface area contributed by atoms with Gasteiger partial charge in [-0.25, -0.2) is 13.1 Å². The third-order valence-electron chi connectivity index (χ3n) is 4.20. The number of nitrogen functional groups attached to an aromatic ring is 1. The summed E-state index contributed by atoms with van der Waals surface area (Å²) in [5.74, 6) is 0.720. The first-order valence-corrected chi connectivity index (χ1v) is 10.9. The number of thioether (sulfide) groups is 1. The molecule has 0 fully saturated rings. The molecule has 0 amide bonds. The van der Waals surface area contributed by atoms with Gasteiger partial charge in [0.05, 0.1) is 18.6 Å². The molecular weight excluding hydrogens is 382 g/mol. The fourth-order valence-electron chi connectivity index (χ4n) is 2.68. The standard InChI is InChI=1S/C19H21N3O3S2/c1-13-4-6-14(7-5-13)12-22-18(20)17(19(21-22)26-3)27(23,24)16-10-8-15(25-2)9-11-16/h4-11H,12,20H2,1-3H3. The molecule has 0 radical (unpaired) electrons. The van der Waals surface area contributed by atoms with Crippen molar-refractivity contribution in [3.8, 4) is 5.75 Å². The summed E-state index contributed by atoms with van der Waals surface area (Å²) < 4.78 is 32.9. The molecule has 0 saturated heterocycles. The Balaban J connectivity index is 2.03. The highest BCUT2D eigenvalue weighted by molar-refractivity contribution is 7.99. The lowest BCUT2D eigenvalue weighted by Crippen LogP contribution is -2.09. The summed E-state index contributed by atoms with van der Waals surface area (Å²) in [6.45, 7) is 2.41. The summed E-state index contributed by atoms with van der Waals surface area (Å²) in [6.07, 6.45) is 1.78. The monoisotopic (exact) mass is 403 g/mol. The smallest absolute Gasteiger partial charge is 0.212 e. The lowest BCUT2D eigenvalue weighted by molar-refractivity contribution is 0.414. The zero-order chi connectivity index (χ0) is 19.6. The van der Waals surface area contributed by atoms with Gasteiger partial charge >= 0.3 is 0 Å². The van der Waals surface area contributed by atoms with Crippen LogP contribution in [-0.4, -0.2) is 31.6 Å². The number of nitrogens with two attached hydrogens (primary N) is 1. The van der Waals surface area contributed by atoms with E-state index in [9.17, 15) is 8.42 Å². The third-order valence-corrected chi connectivity index (χ3v) is 6.84. The van der Waals surface area contributed by atoms with Crippen molar-refractivity contribution < 1.29 is 13.2 Å². The minimum absolute atomic E-state index is 0.0484. The van der Waals surface area contributed by atoms with Crippen LogP contribution in [0.4, 0.5) is 5.82 Å². The lowest BCUT2D eigenvalue weighted by Gasteiger charge is -2.08. The van der Waals surface area contributed by atoms with Crippen LogP contribution in [0, 0.1) is 6.92 Å². The van der Waals surface area contributed by atoms with Gasteiger partial charge in [0.25, 0.3) is 0 Å². The third kappa shape index (κ3) is 3.81. The highest BCUT2D eigenvalue weighted by Crippen LogP contribution is 2.34. The summed E-state index contributed by atoms with van der Waals surface area (Å²) in [4.78, 5) is 0.201. The van der Waals surface area contributed by atoms with Crippen molar-refractivity contribution in [1.82, 2.24) is 9.78 Å². The highest BCUT2D eigenvalue weighted by atomic mass is 32.2. The number of aromatic nitrogens is 2. The number of rotatable bonds is 6. The highest BCUT2D eigenvalue weighted by Gasteiger charge is 2.29. The Morgan fingerprint density at radius 1 is 1.11 bits per heavy atom. The van der Waals surface area contributed by atoms with Crippen molar-refractivity contribution >= 4 is 27.4 Å². The van der Waals surface area contributed by atoms with E-state index in [1.54, 1.807) is 18.4 Å². The maximum atomic E-state index is 13.2. The van der Waals surface area contributed by atoms with Gasteiger partial charge in [0.1, 0.15) is 21.5 Å². The Labute approximate surface area is 163 Å². The molecule has 0 saturated carbocycles. The minimum atomic E-state index is -3.80. The molecule has 0 aliphatic rings. The molecule has 3 rings (SSSR count). The number of benzene rings is 2. The quantitative estimate of drug-likeness (QED) is 0.635. The zero-order valence-corrected chi connectivity index (χ0v) is 17.0. The van der Waals surface area contributed by atoms with Crippen LogP contribution in [0.2, 0.25) is 0 Å². The molecule has 0 bridgehead atoms.